The van der Waals surface area contributed by atoms with E-state index in [0.29, 0.717) is 11.6 Å². The normalized spacial score (nSPS) is 18.7. The number of rotatable bonds is 1. The number of aryl methyl sites for hydroxylation is 1. The van der Waals surface area contributed by atoms with Gasteiger partial charge in [-0.2, -0.15) is 0 Å². The van der Waals surface area contributed by atoms with Gasteiger partial charge in [-0.05, 0) is 55.4 Å². The lowest BCUT2D eigenvalue weighted by molar-refractivity contribution is 0.399. The van der Waals surface area contributed by atoms with Crippen LogP contribution in [-0.4, -0.2) is 5.16 Å². The summed E-state index contributed by atoms with van der Waals surface area (Å²) in [6.45, 7) is 4.40. The van der Waals surface area contributed by atoms with Crippen molar-refractivity contribution in [3.63, 3.8) is 0 Å². The van der Waals surface area contributed by atoms with Gasteiger partial charge in [0.15, 0.2) is 0 Å². The molecule has 1 aliphatic carbocycles. The minimum Gasteiger partial charge on any atom is -0.395 e. The Bertz CT molecular complexity index is 586. The van der Waals surface area contributed by atoms with Crippen LogP contribution in [-0.2, 0) is 12.8 Å². The van der Waals surface area contributed by atoms with Crippen LogP contribution in [0.25, 0.3) is 0 Å². The van der Waals surface area contributed by atoms with Crippen molar-refractivity contribution in [2.24, 2.45) is 0 Å². The highest BCUT2D eigenvalue weighted by molar-refractivity contribution is 5.46. The average Bonchev–Trinajstić information content (AvgIpc) is 2.80. The fourth-order valence-electron chi connectivity index (χ4n) is 2.95. The van der Waals surface area contributed by atoms with Gasteiger partial charge in [0.1, 0.15) is 12.0 Å². The Morgan fingerprint density at radius 1 is 1.33 bits per heavy atom. The lowest BCUT2D eigenvalue weighted by atomic mass is 9.79. The van der Waals surface area contributed by atoms with Crippen molar-refractivity contribution in [1.29, 1.82) is 0 Å². The van der Waals surface area contributed by atoms with Gasteiger partial charge in [0.2, 0.25) is 0 Å². The Hall–Kier alpha value is -1.77. The maximum Gasteiger partial charge on any atom is 0.147 e. The van der Waals surface area contributed by atoms with Crippen LogP contribution < -0.4 is 5.73 Å². The predicted octanol–water partition coefficient (Wildman–Crippen LogP) is 3.15. The molecule has 2 aromatic rings. The SMILES string of the molecule is Cc1ccc2c(c1C)CCC(c1nocc1N)C2. The van der Waals surface area contributed by atoms with E-state index in [1.165, 1.54) is 28.5 Å². The van der Waals surface area contributed by atoms with Gasteiger partial charge in [-0.25, -0.2) is 0 Å². The highest BCUT2D eigenvalue weighted by Crippen LogP contribution is 2.36. The molecule has 0 saturated heterocycles. The first kappa shape index (κ1) is 11.3. The molecular weight excluding hydrogens is 224 g/mol. The molecule has 0 saturated carbocycles. The van der Waals surface area contributed by atoms with Crippen LogP contribution in [0.4, 0.5) is 5.69 Å². The molecule has 1 aromatic heterocycles. The summed E-state index contributed by atoms with van der Waals surface area (Å²) < 4.78 is 4.95. The Kier molecular flexibility index (Phi) is 2.62. The number of hydrogen-bond acceptors (Lipinski definition) is 3. The quantitative estimate of drug-likeness (QED) is 0.835. The summed E-state index contributed by atoms with van der Waals surface area (Å²) in [5.41, 5.74) is 13.3. The largest absolute Gasteiger partial charge is 0.395 e. The lowest BCUT2D eigenvalue weighted by Crippen LogP contribution is -2.15. The van der Waals surface area contributed by atoms with Crippen LogP contribution >= 0.6 is 0 Å². The van der Waals surface area contributed by atoms with Crippen molar-refractivity contribution >= 4 is 5.69 Å². The molecule has 1 atom stereocenters. The van der Waals surface area contributed by atoms with Crippen LogP contribution in [0.15, 0.2) is 22.9 Å². The van der Waals surface area contributed by atoms with Crippen LogP contribution in [0.3, 0.4) is 0 Å². The van der Waals surface area contributed by atoms with E-state index < -0.39 is 0 Å². The predicted molar refractivity (Wildman–Crippen MR) is 71.6 cm³/mol. The monoisotopic (exact) mass is 242 g/mol. The van der Waals surface area contributed by atoms with Crippen molar-refractivity contribution in [2.75, 3.05) is 5.73 Å². The number of fused-ring (bicyclic) bond motifs is 1. The van der Waals surface area contributed by atoms with Crippen LogP contribution in [0.2, 0.25) is 0 Å². The molecule has 3 nitrogen and oxygen atoms in total. The number of aromatic nitrogens is 1. The molecule has 1 aromatic carbocycles. The van der Waals surface area contributed by atoms with Gasteiger partial charge in [0.05, 0.1) is 5.69 Å². The molecule has 18 heavy (non-hydrogen) atoms. The molecule has 1 aliphatic rings. The third-order valence-corrected chi connectivity index (χ3v) is 4.19. The van der Waals surface area contributed by atoms with Crippen molar-refractivity contribution in [1.82, 2.24) is 5.16 Å². The number of nitrogens with zero attached hydrogens (tertiary/aromatic N) is 1. The summed E-state index contributed by atoms with van der Waals surface area (Å²) in [7, 11) is 0. The Morgan fingerprint density at radius 3 is 2.89 bits per heavy atom. The van der Waals surface area contributed by atoms with Gasteiger partial charge in [0, 0.05) is 5.92 Å². The Morgan fingerprint density at radius 2 is 2.17 bits per heavy atom. The smallest absolute Gasteiger partial charge is 0.147 e. The van der Waals surface area contributed by atoms with Gasteiger partial charge in [-0.1, -0.05) is 17.3 Å². The fraction of sp³-hybridized carbons (Fsp3) is 0.400. The number of nitrogen functional groups attached to an aromatic ring is 1. The summed E-state index contributed by atoms with van der Waals surface area (Å²) >= 11 is 0. The minimum absolute atomic E-state index is 0.401. The molecule has 0 aliphatic heterocycles. The second-order valence-electron chi connectivity index (χ2n) is 5.24. The van der Waals surface area contributed by atoms with Gasteiger partial charge < -0.3 is 10.3 Å². The van der Waals surface area contributed by atoms with Gasteiger partial charge in [-0.3, -0.25) is 0 Å². The molecular formula is C15H18N2O. The maximum absolute atomic E-state index is 5.89. The Labute approximate surface area is 107 Å². The van der Waals surface area contributed by atoms with E-state index in [1.54, 1.807) is 0 Å². The summed E-state index contributed by atoms with van der Waals surface area (Å²) in [4.78, 5) is 0. The summed E-state index contributed by atoms with van der Waals surface area (Å²) in [6.07, 6.45) is 4.77. The molecule has 3 heteroatoms. The minimum atomic E-state index is 0.401. The highest BCUT2D eigenvalue weighted by atomic mass is 16.5. The number of hydrogen-bond donors (Lipinski definition) is 1. The zero-order valence-electron chi connectivity index (χ0n) is 10.9. The molecule has 2 N–H and O–H groups in total. The number of nitrogens with two attached hydrogens (primary N) is 1. The van der Waals surface area contributed by atoms with E-state index in [0.717, 1.165) is 25.0 Å². The van der Waals surface area contributed by atoms with Gasteiger partial charge in [0.25, 0.3) is 0 Å². The second-order valence-corrected chi connectivity index (χ2v) is 5.24. The van der Waals surface area contributed by atoms with E-state index in [-0.39, 0.29) is 0 Å². The molecule has 0 radical (unpaired) electrons. The summed E-state index contributed by atoms with van der Waals surface area (Å²) in [6, 6.07) is 4.46. The number of benzene rings is 1. The molecule has 0 amide bonds. The van der Waals surface area contributed by atoms with E-state index in [4.69, 9.17) is 10.3 Å². The van der Waals surface area contributed by atoms with Crippen LogP contribution in [0, 0.1) is 13.8 Å². The van der Waals surface area contributed by atoms with E-state index in [9.17, 15) is 0 Å². The van der Waals surface area contributed by atoms with E-state index in [1.807, 2.05) is 0 Å². The second kappa shape index (κ2) is 4.16. The molecule has 0 spiro atoms. The van der Waals surface area contributed by atoms with Crippen molar-refractivity contribution in [2.45, 2.75) is 39.0 Å². The first-order valence-electron chi connectivity index (χ1n) is 6.44. The molecule has 3 rings (SSSR count). The van der Waals surface area contributed by atoms with Crippen molar-refractivity contribution in [3.05, 3.63) is 46.3 Å². The lowest BCUT2D eigenvalue weighted by Gasteiger charge is -2.25. The first-order valence-corrected chi connectivity index (χ1v) is 6.44. The van der Waals surface area contributed by atoms with E-state index in [2.05, 4.69) is 31.1 Å². The average molecular weight is 242 g/mol. The third-order valence-electron chi connectivity index (χ3n) is 4.19. The fourth-order valence-corrected chi connectivity index (χ4v) is 2.95. The summed E-state index contributed by atoms with van der Waals surface area (Å²) in [5, 5.41) is 4.05. The van der Waals surface area contributed by atoms with Crippen LogP contribution in [0.5, 0.6) is 0 Å². The van der Waals surface area contributed by atoms with Gasteiger partial charge >= 0.3 is 0 Å². The van der Waals surface area contributed by atoms with Crippen LogP contribution in [0.1, 0.15) is 40.3 Å². The molecule has 1 heterocycles. The summed E-state index contributed by atoms with van der Waals surface area (Å²) in [5.74, 6) is 0.401. The zero-order valence-corrected chi connectivity index (χ0v) is 10.9. The van der Waals surface area contributed by atoms with Crippen molar-refractivity contribution in [3.8, 4) is 0 Å². The zero-order chi connectivity index (χ0) is 12.7. The molecule has 94 valence electrons. The van der Waals surface area contributed by atoms with E-state index >= 15 is 0 Å². The molecule has 1 unspecified atom stereocenters. The standard InChI is InChI=1S/C15H18N2O/c1-9-3-4-11-7-12(5-6-13(11)10(9)2)15-14(16)8-18-17-15/h3-4,8,12H,5-7,16H2,1-2H3. The number of anilines is 1. The molecule has 0 fully saturated rings. The van der Waals surface area contributed by atoms with Gasteiger partial charge in [-0.15, -0.1) is 0 Å². The maximum atomic E-state index is 5.89. The topological polar surface area (TPSA) is 52.0 Å². The third kappa shape index (κ3) is 1.70. The Balaban J connectivity index is 1.95. The molecule has 0 bridgehead atoms. The first-order chi connectivity index (χ1) is 8.66. The highest BCUT2D eigenvalue weighted by Gasteiger charge is 2.25. The van der Waals surface area contributed by atoms with Crippen molar-refractivity contribution < 1.29 is 4.52 Å².